The summed E-state index contributed by atoms with van der Waals surface area (Å²) in [5.41, 5.74) is 7.98. The standard InChI is InChI=1S/C19H14N6O.C2HF3O2/c20-8-15-17(13-4-1-5-14(26)7-13)16(9-21)19(25-18(15)22)24-11-12-3-2-6-23-10-12;3-2(4,5)1(6)7/h1-7,10,26H,11H2,(H3,22,24,25);(H,6,7). The highest BCUT2D eigenvalue weighted by Gasteiger charge is 2.38. The predicted octanol–water partition coefficient (Wildman–Crippen LogP) is 3.42. The van der Waals surface area contributed by atoms with Gasteiger partial charge >= 0.3 is 12.1 Å². The number of halogens is 3. The van der Waals surface area contributed by atoms with E-state index in [9.17, 15) is 28.8 Å². The van der Waals surface area contributed by atoms with Crippen LogP contribution in [-0.2, 0) is 11.3 Å². The summed E-state index contributed by atoms with van der Waals surface area (Å²) in [6.45, 7) is 0.389. The van der Waals surface area contributed by atoms with E-state index >= 15 is 0 Å². The first kappa shape index (κ1) is 24.4. The molecule has 0 saturated heterocycles. The first-order chi connectivity index (χ1) is 15.6. The Hall–Kier alpha value is -4.84. The van der Waals surface area contributed by atoms with Crippen LogP contribution >= 0.6 is 0 Å². The summed E-state index contributed by atoms with van der Waals surface area (Å²) in [6.07, 6.45) is -1.72. The molecule has 9 nitrogen and oxygen atoms in total. The van der Waals surface area contributed by atoms with Crippen LogP contribution in [0.15, 0.2) is 48.8 Å². The summed E-state index contributed by atoms with van der Waals surface area (Å²) in [4.78, 5) is 17.1. The molecule has 3 aromatic rings. The second-order valence-corrected chi connectivity index (χ2v) is 6.26. The van der Waals surface area contributed by atoms with Gasteiger partial charge in [-0.3, -0.25) is 4.98 Å². The Labute approximate surface area is 185 Å². The Bertz CT molecular complexity index is 1230. The largest absolute Gasteiger partial charge is 0.508 e. The van der Waals surface area contributed by atoms with E-state index in [0.717, 1.165) is 5.56 Å². The molecule has 33 heavy (non-hydrogen) atoms. The number of carboxylic acids is 1. The molecular weight excluding hydrogens is 441 g/mol. The fourth-order valence-electron chi connectivity index (χ4n) is 2.59. The first-order valence-electron chi connectivity index (χ1n) is 8.94. The van der Waals surface area contributed by atoms with Crippen LogP contribution in [-0.4, -0.2) is 32.3 Å². The number of pyridine rings is 2. The zero-order valence-corrected chi connectivity index (χ0v) is 16.6. The van der Waals surface area contributed by atoms with Crippen molar-refractivity contribution in [2.75, 3.05) is 11.1 Å². The average Bonchev–Trinajstić information content (AvgIpc) is 2.77. The number of alkyl halides is 3. The summed E-state index contributed by atoms with van der Waals surface area (Å²) in [6, 6.07) is 14.1. The summed E-state index contributed by atoms with van der Waals surface area (Å²) >= 11 is 0. The summed E-state index contributed by atoms with van der Waals surface area (Å²) in [5.74, 6) is -2.45. The minimum Gasteiger partial charge on any atom is -0.508 e. The molecule has 2 aromatic heterocycles. The number of nitrogens with two attached hydrogens (primary N) is 1. The molecular formula is C21H15F3N6O3. The van der Waals surface area contributed by atoms with Gasteiger partial charge in [-0.1, -0.05) is 18.2 Å². The van der Waals surface area contributed by atoms with Crippen molar-refractivity contribution in [3.05, 3.63) is 65.5 Å². The molecule has 5 N–H and O–H groups in total. The van der Waals surface area contributed by atoms with Crippen molar-refractivity contribution in [2.45, 2.75) is 12.7 Å². The number of benzene rings is 1. The lowest BCUT2D eigenvalue weighted by Gasteiger charge is -2.14. The molecule has 0 spiro atoms. The second kappa shape index (κ2) is 10.5. The topological polar surface area (TPSA) is 169 Å². The van der Waals surface area contributed by atoms with Crippen LogP contribution in [0.3, 0.4) is 0 Å². The van der Waals surface area contributed by atoms with E-state index in [2.05, 4.69) is 21.4 Å². The number of hydrogen-bond donors (Lipinski definition) is 4. The average molecular weight is 456 g/mol. The molecule has 0 aliphatic rings. The van der Waals surface area contributed by atoms with Gasteiger partial charge < -0.3 is 21.3 Å². The monoisotopic (exact) mass is 456 g/mol. The molecule has 1 aromatic carbocycles. The molecule has 0 radical (unpaired) electrons. The Morgan fingerprint density at radius 3 is 2.33 bits per heavy atom. The number of phenolic OH excluding ortho intramolecular Hbond substituents is 1. The minimum absolute atomic E-state index is 0.0125. The van der Waals surface area contributed by atoms with E-state index in [4.69, 9.17) is 15.6 Å². The van der Waals surface area contributed by atoms with Crippen LogP contribution in [0.2, 0.25) is 0 Å². The highest BCUT2D eigenvalue weighted by molar-refractivity contribution is 5.85. The number of carboxylic acid groups (broad SMARTS) is 1. The second-order valence-electron chi connectivity index (χ2n) is 6.26. The van der Waals surface area contributed by atoms with Gasteiger partial charge in [0.2, 0.25) is 0 Å². The summed E-state index contributed by atoms with van der Waals surface area (Å²) in [5, 5.41) is 39.1. The zero-order valence-electron chi connectivity index (χ0n) is 16.6. The number of nitrogens with zero attached hydrogens (tertiary/aromatic N) is 4. The van der Waals surface area contributed by atoms with Crippen molar-refractivity contribution >= 4 is 17.6 Å². The van der Waals surface area contributed by atoms with Gasteiger partial charge in [-0.25, -0.2) is 9.78 Å². The lowest BCUT2D eigenvalue weighted by atomic mass is 9.96. The highest BCUT2D eigenvalue weighted by atomic mass is 19.4. The van der Waals surface area contributed by atoms with Gasteiger partial charge in [0.05, 0.1) is 0 Å². The minimum atomic E-state index is -5.08. The van der Waals surface area contributed by atoms with Crippen LogP contribution in [0.25, 0.3) is 11.1 Å². The Morgan fingerprint density at radius 2 is 1.82 bits per heavy atom. The molecule has 168 valence electrons. The molecule has 0 bridgehead atoms. The van der Waals surface area contributed by atoms with Gasteiger partial charge in [-0.05, 0) is 29.3 Å². The van der Waals surface area contributed by atoms with E-state index in [-0.39, 0.29) is 28.5 Å². The van der Waals surface area contributed by atoms with Gasteiger partial charge in [-0.2, -0.15) is 23.7 Å². The fourth-order valence-corrected chi connectivity index (χ4v) is 2.59. The van der Waals surface area contributed by atoms with Crippen molar-refractivity contribution < 1.29 is 28.2 Å². The number of hydrogen-bond acceptors (Lipinski definition) is 8. The Balaban J connectivity index is 0.000000479. The Kier molecular flexibility index (Phi) is 7.74. The van der Waals surface area contributed by atoms with E-state index in [1.807, 2.05) is 12.1 Å². The number of aromatic hydroxyl groups is 1. The molecule has 0 aliphatic heterocycles. The molecule has 0 fully saturated rings. The SMILES string of the molecule is N#Cc1c(N)nc(NCc2cccnc2)c(C#N)c1-c1cccc(O)c1.O=C(O)C(F)(F)F. The third-order valence-electron chi connectivity index (χ3n) is 4.01. The third-order valence-corrected chi connectivity index (χ3v) is 4.01. The number of aliphatic carboxylic acids is 1. The van der Waals surface area contributed by atoms with E-state index < -0.39 is 12.1 Å². The van der Waals surface area contributed by atoms with Crippen LogP contribution < -0.4 is 11.1 Å². The number of rotatable bonds is 4. The molecule has 0 unspecified atom stereocenters. The van der Waals surface area contributed by atoms with Crippen molar-refractivity contribution in [1.82, 2.24) is 9.97 Å². The molecule has 2 heterocycles. The number of carbonyl (C=O) groups is 1. The lowest BCUT2D eigenvalue weighted by Crippen LogP contribution is -2.21. The molecule has 0 amide bonds. The van der Waals surface area contributed by atoms with Crippen LogP contribution in [0.4, 0.5) is 24.8 Å². The van der Waals surface area contributed by atoms with Gasteiger partial charge in [0, 0.05) is 24.5 Å². The van der Waals surface area contributed by atoms with Gasteiger partial charge in [-0.15, -0.1) is 0 Å². The molecule has 3 rings (SSSR count). The number of aromatic nitrogens is 2. The number of phenols is 1. The first-order valence-corrected chi connectivity index (χ1v) is 8.94. The van der Waals surface area contributed by atoms with Crippen LogP contribution in [0, 0.1) is 22.7 Å². The maximum Gasteiger partial charge on any atom is 0.490 e. The van der Waals surface area contributed by atoms with Crippen molar-refractivity contribution in [2.24, 2.45) is 0 Å². The smallest absolute Gasteiger partial charge is 0.490 e. The van der Waals surface area contributed by atoms with Gasteiger partial charge in [0.15, 0.2) is 0 Å². The maximum atomic E-state index is 10.6. The fraction of sp³-hybridized carbons (Fsp3) is 0.0952. The van der Waals surface area contributed by atoms with Crippen LogP contribution in [0.5, 0.6) is 5.75 Å². The normalized spacial score (nSPS) is 10.2. The van der Waals surface area contributed by atoms with Crippen molar-refractivity contribution in [3.8, 4) is 29.0 Å². The van der Waals surface area contributed by atoms with Gasteiger partial charge in [0.25, 0.3) is 0 Å². The Morgan fingerprint density at radius 1 is 1.15 bits per heavy atom. The number of nitrogen functional groups attached to an aromatic ring is 1. The number of nitriles is 2. The molecule has 12 heteroatoms. The van der Waals surface area contributed by atoms with E-state index in [1.165, 1.54) is 12.1 Å². The van der Waals surface area contributed by atoms with Crippen molar-refractivity contribution in [1.29, 1.82) is 10.5 Å². The van der Waals surface area contributed by atoms with Crippen LogP contribution in [0.1, 0.15) is 16.7 Å². The van der Waals surface area contributed by atoms with Gasteiger partial charge in [0.1, 0.15) is 40.7 Å². The maximum absolute atomic E-state index is 10.6. The zero-order chi connectivity index (χ0) is 24.6. The predicted molar refractivity (Wildman–Crippen MR) is 110 cm³/mol. The van der Waals surface area contributed by atoms with Crippen molar-refractivity contribution in [3.63, 3.8) is 0 Å². The number of nitrogens with one attached hydrogen (secondary N) is 1. The number of anilines is 2. The third kappa shape index (κ3) is 6.32. The molecule has 0 saturated carbocycles. The highest BCUT2D eigenvalue weighted by Crippen LogP contribution is 2.35. The molecule has 0 atom stereocenters. The molecule has 0 aliphatic carbocycles. The lowest BCUT2D eigenvalue weighted by molar-refractivity contribution is -0.192. The quantitative estimate of drug-likeness (QED) is 0.459. The van der Waals surface area contributed by atoms with E-state index in [1.54, 1.807) is 30.6 Å². The summed E-state index contributed by atoms with van der Waals surface area (Å²) < 4.78 is 31.7. The van der Waals surface area contributed by atoms with E-state index in [0.29, 0.717) is 17.7 Å². The summed E-state index contributed by atoms with van der Waals surface area (Å²) in [7, 11) is 0.